The smallest absolute Gasteiger partial charge is 0.416 e. The fourth-order valence-electron chi connectivity index (χ4n) is 4.96. The Bertz CT molecular complexity index is 1000. The van der Waals surface area contributed by atoms with Crippen LogP contribution in [0.25, 0.3) is 0 Å². The molecular weight excluding hydrogens is 443 g/mol. The van der Waals surface area contributed by atoms with E-state index in [1.54, 1.807) is 6.07 Å². The molecule has 1 aliphatic carbocycles. The van der Waals surface area contributed by atoms with Gasteiger partial charge in [-0.25, -0.2) is 0 Å². The van der Waals surface area contributed by atoms with Crippen LogP contribution in [0.3, 0.4) is 0 Å². The van der Waals surface area contributed by atoms with Crippen molar-refractivity contribution in [2.75, 3.05) is 13.2 Å². The molecule has 1 N–H and O–H groups in total. The highest BCUT2D eigenvalue weighted by atomic mass is 19.4. The summed E-state index contributed by atoms with van der Waals surface area (Å²) in [6.07, 6.45) is 0.917. The molecule has 2 aliphatic rings. The number of halogens is 3. The minimum absolute atomic E-state index is 0.0103. The van der Waals surface area contributed by atoms with Crippen LogP contribution < -0.4 is 4.74 Å². The molecule has 184 valence electrons. The van der Waals surface area contributed by atoms with Crippen LogP contribution in [-0.4, -0.2) is 35.2 Å². The number of likely N-dealkylation sites (tertiary alicyclic amines) is 1. The average Bonchev–Trinajstić information content (AvgIpc) is 3.63. The molecule has 1 unspecified atom stereocenters. The molecule has 2 aromatic carbocycles. The molecule has 0 spiro atoms. The zero-order valence-electron chi connectivity index (χ0n) is 19.5. The molecule has 1 heterocycles. The molecule has 0 amide bonds. The molecular formula is C27H32F3NO3. The van der Waals surface area contributed by atoms with Gasteiger partial charge in [0.1, 0.15) is 12.4 Å². The zero-order chi connectivity index (χ0) is 24.3. The van der Waals surface area contributed by atoms with E-state index < -0.39 is 17.7 Å². The summed E-state index contributed by atoms with van der Waals surface area (Å²) >= 11 is 0. The lowest BCUT2D eigenvalue weighted by Gasteiger charge is -2.36. The summed E-state index contributed by atoms with van der Waals surface area (Å²) < 4.78 is 45.8. The van der Waals surface area contributed by atoms with Crippen LogP contribution in [0.15, 0.2) is 42.5 Å². The standard InChI is InChI=1S/C27H32F3NO3/c1-18-8-11-22(27(28,29)30)13-21(18)16-31-12-3-2-6-23(31)17-34-24-7-4-5-20(14-24)25(15-26(32)33)19-9-10-19/h4-5,7-8,11,13-14,19,23,25H,2-3,6,9-10,12,15-17H2,1H3,(H,32,33)/t23?,25-/m0/s1. The molecule has 34 heavy (non-hydrogen) atoms. The Morgan fingerprint density at radius 3 is 2.65 bits per heavy atom. The van der Waals surface area contributed by atoms with Gasteiger partial charge in [-0.05, 0) is 91.9 Å². The van der Waals surface area contributed by atoms with E-state index in [4.69, 9.17) is 4.74 Å². The van der Waals surface area contributed by atoms with Crippen LogP contribution in [0.4, 0.5) is 13.2 Å². The molecule has 2 atom stereocenters. The number of aliphatic carboxylic acids is 1. The number of nitrogens with zero attached hydrogens (tertiary/aromatic N) is 1. The maximum Gasteiger partial charge on any atom is 0.416 e. The predicted molar refractivity (Wildman–Crippen MR) is 124 cm³/mol. The molecule has 1 aliphatic heterocycles. The molecule has 1 saturated heterocycles. The molecule has 1 saturated carbocycles. The molecule has 4 nitrogen and oxygen atoms in total. The lowest BCUT2D eigenvalue weighted by molar-refractivity contribution is -0.138. The number of carboxylic acid groups (broad SMARTS) is 1. The minimum atomic E-state index is -4.35. The summed E-state index contributed by atoms with van der Waals surface area (Å²) in [7, 11) is 0. The van der Waals surface area contributed by atoms with Gasteiger partial charge in [-0.2, -0.15) is 13.2 Å². The molecule has 2 fully saturated rings. The second-order valence-electron chi connectivity index (χ2n) is 9.68. The van der Waals surface area contributed by atoms with Crippen molar-refractivity contribution in [3.05, 3.63) is 64.7 Å². The van der Waals surface area contributed by atoms with E-state index in [1.165, 1.54) is 6.07 Å². The summed E-state index contributed by atoms with van der Waals surface area (Å²) in [5, 5.41) is 9.30. The Hall–Kier alpha value is -2.54. The van der Waals surface area contributed by atoms with Gasteiger partial charge in [-0.1, -0.05) is 24.6 Å². The van der Waals surface area contributed by atoms with E-state index in [0.717, 1.165) is 55.8 Å². The lowest BCUT2D eigenvalue weighted by atomic mass is 9.91. The molecule has 4 rings (SSSR count). The Morgan fingerprint density at radius 1 is 1.15 bits per heavy atom. The van der Waals surface area contributed by atoms with Gasteiger partial charge in [0, 0.05) is 12.6 Å². The van der Waals surface area contributed by atoms with Crippen molar-refractivity contribution >= 4 is 5.97 Å². The van der Waals surface area contributed by atoms with Crippen molar-refractivity contribution in [2.24, 2.45) is 5.92 Å². The highest BCUT2D eigenvalue weighted by molar-refractivity contribution is 5.68. The van der Waals surface area contributed by atoms with Crippen LogP contribution >= 0.6 is 0 Å². The Kier molecular flexibility index (Phi) is 7.51. The third-order valence-corrected chi connectivity index (χ3v) is 7.11. The quantitative estimate of drug-likeness (QED) is 0.455. The fraction of sp³-hybridized carbons (Fsp3) is 0.519. The van der Waals surface area contributed by atoms with E-state index in [9.17, 15) is 23.1 Å². The van der Waals surface area contributed by atoms with E-state index >= 15 is 0 Å². The van der Waals surface area contributed by atoms with E-state index in [2.05, 4.69) is 4.90 Å². The third kappa shape index (κ3) is 6.32. The van der Waals surface area contributed by atoms with E-state index in [1.807, 2.05) is 31.2 Å². The highest BCUT2D eigenvalue weighted by Gasteiger charge is 2.34. The monoisotopic (exact) mass is 475 g/mol. The van der Waals surface area contributed by atoms with Gasteiger partial charge in [0.15, 0.2) is 0 Å². The van der Waals surface area contributed by atoms with E-state index in [-0.39, 0.29) is 18.4 Å². The maximum atomic E-state index is 13.2. The summed E-state index contributed by atoms with van der Waals surface area (Å²) in [5.41, 5.74) is 1.95. The first-order valence-corrected chi connectivity index (χ1v) is 12.1. The molecule has 0 aromatic heterocycles. The topological polar surface area (TPSA) is 49.8 Å². The Morgan fingerprint density at radius 2 is 1.94 bits per heavy atom. The summed E-state index contributed by atoms with van der Waals surface area (Å²) in [6.45, 7) is 3.59. The number of alkyl halides is 3. The number of ether oxygens (including phenoxy) is 1. The molecule has 0 radical (unpaired) electrons. The first-order chi connectivity index (χ1) is 16.2. The second kappa shape index (κ2) is 10.4. The van der Waals surface area contributed by atoms with Crippen molar-refractivity contribution in [1.82, 2.24) is 4.90 Å². The van der Waals surface area contributed by atoms with Gasteiger partial charge in [0.2, 0.25) is 0 Å². The highest BCUT2D eigenvalue weighted by Crippen LogP contribution is 2.45. The lowest BCUT2D eigenvalue weighted by Crippen LogP contribution is -2.42. The fourth-order valence-corrected chi connectivity index (χ4v) is 4.96. The first-order valence-electron chi connectivity index (χ1n) is 12.1. The van der Waals surface area contributed by atoms with Gasteiger partial charge in [-0.3, -0.25) is 9.69 Å². The summed E-state index contributed by atoms with van der Waals surface area (Å²) in [4.78, 5) is 13.5. The van der Waals surface area contributed by atoms with Gasteiger partial charge >= 0.3 is 12.1 Å². The van der Waals surface area contributed by atoms with Crippen molar-refractivity contribution in [3.8, 4) is 5.75 Å². The molecule has 7 heteroatoms. The minimum Gasteiger partial charge on any atom is -0.492 e. The maximum absolute atomic E-state index is 13.2. The Labute approximate surface area is 198 Å². The second-order valence-corrected chi connectivity index (χ2v) is 9.68. The number of hydrogen-bond donors (Lipinski definition) is 1. The third-order valence-electron chi connectivity index (χ3n) is 7.11. The van der Waals surface area contributed by atoms with Crippen molar-refractivity contribution in [3.63, 3.8) is 0 Å². The number of rotatable bonds is 9. The molecule has 0 bridgehead atoms. The van der Waals surface area contributed by atoms with Crippen molar-refractivity contribution in [2.45, 2.75) is 70.1 Å². The normalized spacial score (nSPS) is 20.2. The van der Waals surface area contributed by atoms with Crippen LogP contribution in [-0.2, 0) is 17.5 Å². The zero-order valence-corrected chi connectivity index (χ0v) is 19.5. The number of piperidine rings is 1. The van der Waals surface area contributed by atoms with Crippen LogP contribution in [0, 0.1) is 12.8 Å². The number of carboxylic acids is 1. The van der Waals surface area contributed by atoms with Gasteiger partial charge in [0.05, 0.1) is 12.0 Å². The van der Waals surface area contributed by atoms with Gasteiger partial charge < -0.3 is 9.84 Å². The van der Waals surface area contributed by atoms with E-state index in [0.29, 0.717) is 30.4 Å². The van der Waals surface area contributed by atoms with Crippen LogP contribution in [0.2, 0.25) is 0 Å². The van der Waals surface area contributed by atoms with Crippen molar-refractivity contribution in [1.29, 1.82) is 0 Å². The van der Waals surface area contributed by atoms with Crippen LogP contribution in [0.1, 0.15) is 66.7 Å². The summed E-state index contributed by atoms with van der Waals surface area (Å²) in [5.74, 6) is 0.368. The largest absolute Gasteiger partial charge is 0.492 e. The number of hydrogen-bond acceptors (Lipinski definition) is 3. The molecule has 2 aromatic rings. The first kappa shape index (κ1) is 24.6. The van der Waals surface area contributed by atoms with Gasteiger partial charge in [-0.15, -0.1) is 0 Å². The SMILES string of the molecule is Cc1ccc(C(F)(F)F)cc1CN1CCCCC1COc1cccc([C@@H](CC(=O)O)C2CC2)c1. The average molecular weight is 476 g/mol. The number of aryl methyl sites for hydroxylation is 1. The Balaban J connectivity index is 1.43. The van der Waals surface area contributed by atoms with Gasteiger partial charge in [0.25, 0.3) is 0 Å². The summed E-state index contributed by atoms with van der Waals surface area (Å²) in [6, 6.07) is 11.8. The predicted octanol–water partition coefficient (Wildman–Crippen LogP) is 6.42. The number of carbonyl (C=O) groups is 1. The van der Waals surface area contributed by atoms with Crippen molar-refractivity contribution < 1.29 is 27.8 Å². The van der Waals surface area contributed by atoms with Crippen LogP contribution in [0.5, 0.6) is 5.75 Å². The number of benzene rings is 2.